The molecule has 10 aliphatic rings. The SMILES string of the molecule is C1CCC(C2CCC(N(C3CCC4C(CC5CCCC(C6CC7CCCCC7C6)C54)C3)C3CCCC4C5CCCCC5CC43)CC2)CC1. The number of fused-ring (bicyclic) bond motifs is 7. The molecule has 10 rings (SSSR count). The maximum atomic E-state index is 3.47. The summed E-state index contributed by atoms with van der Waals surface area (Å²) >= 11 is 0. The second-order valence-electron chi connectivity index (χ2n) is 21.3. The van der Waals surface area contributed by atoms with E-state index in [0.29, 0.717) is 0 Å². The van der Waals surface area contributed by atoms with Crippen molar-refractivity contribution < 1.29 is 0 Å². The molecule has 48 heavy (non-hydrogen) atoms. The van der Waals surface area contributed by atoms with Crippen molar-refractivity contribution in [2.45, 2.75) is 211 Å². The summed E-state index contributed by atoms with van der Waals surface area (Å²) in [6.45, 7) is 0. The maximum absolute atomic E-state index is 3.47. The van der Waals surface area contributed by atoms with Gasteiger partial charge in [0.15, 0.2) is 0 Å². The summed E-state index contributed by atoms with van der Waals surface area (Å²) < 4.78 is 0. The minimum atomic E-state index is 0.941. The summed E-state index contributed by atoms with van der Waals surface area (Å²) in [5.41, 5.74) is 0. The Balaban J connectivity index is 0.876. The van der Waals surface area contributed by atoms with Crippen molar-refractivity contribution in [3.8, 4) is 0 Å². The number of nitrogens with zero attached hydrogens (tertiary/aromatic N) is 1. The first kappa shape index (κ1) is 32.6. The predicted octanol–water partition coefficient (Wildman–Crippen LogP) is 12.9. The lowest BCUT2D eigenvalue weighted by Gasteiger charge is -2.53. The van der Waals surface area contributed by atoms with E-state index in [2.05, 4.69) is 4.90 Å². The summed E-state index contributed by atoms with van der Waals surface area (Å²) in [5, 5.41) is 0. The highest BCUT2D eigenvalue weighted by molar-refractivity contribution is 5.07. The van der Waals surface area contributed by atoms with Crippen molar-refractivity contribution in [1.29, 1.82) is 0 Å². The molecule has 0 N–H and O–H groups in total. The standard InChI is InChI=1S/C47H77N/c1-2-10-31(11-3-1)32-20-22-39(23-21-32)48(46-19-9-18-44-41-16-7-6-14-35(41)30-45(44)46)40-24-25-43-38(29-40)28-36-15-8-17-42(47(36)43)37-26-33-12-4-5-13-34(33)27-37/h31-47H,1-30H2. The van der Waals surface area contributed by atoms with Gasteiger partial charge in [0, 0.05) is 18.1 Å². The molecule has 0 spiro atoms. The number of rotatable bonds is 5. The van der Waals surface area contributed by atoms with Crippen molar-refractivity contribution in [2.75, 3.05) is 0 Å². The first-order valence-corrected chi connectivity index (χ1v) is 23.6. The molecule has 0 aromatic heterocycles. The Morgan fingerprint density at radius 2 is 0.792 bits per heavy atom. The van der Waals surface area contributed by atoms with Crippen molar-refractivity contribution in [2.24, 2.45) is 82.9 Å². The lowest BCUT2D eigenvalue weighted by molar-refractivity contribution is -0.0414. The van der Waals surface area contributed by atoms with E-state index in [1.807, 2.05) is 0 Å². The molecule has 0 saturated heterocycles. The van der Waals surface area contributed by atoms with Gasteiger partial charge in [0.25, 0.3) is 0 Å². The van der Waals surface area contributed by atoms with Gasteiger partial charge in [-0.3, -0.25) is 4.90 Å². The van der Waals surface area contributed by atoms with Crippen LogP contribution in [0.15, 0.2) is 0 Å². The van der Waals surface area contributed by atoms with Gasteiger partial charge in [0.1, 0.15) is 0 Å². The average molecular weight is 656 g/mol. The van der Waals surface area contributed by atoms with Crippen LogP contribution in [0.4, 0.5) is 0 Å². The summed E-state index contributed by atoms with van der Waals surface area (Å²) in [6, 6.07) is 2.85. The summed E-state index contributed by atoms with van der Waals surface area (Å²) in [4.78, 5) is 3.47. The highest BCUT2D eigenvalue weighted by Gasteiger charge is 2.56. The second-order valence-corrected chi connectivity index (χ2v) is 21.3. The molecule has 1 heteroatoms. The molecule has 10 aliphatic carbocycles. The normalized spacial score (nSPS) is 52.7. The largest absolute Gasteiger partial charge is 0.294 e. The molecule has 0 aliphatic heterocycles. The quantitative estimate of drug-likeness (QED) is 0.285. The van der Waals surface area contributed by atoms with Crippen LogP contribution in [0.3, 0.4) is 0 Å². The van der Waals surface area contributed by atoms with Gasteiger partial charge < -0.3 is 0 Å². The molecule has 0 bridgehead atoms. The molecule has 0 aromatic carbocycles. The highest BCUT2D eigenvalue weighted by Crippen LogP contribution is 2.62. The highest BCUT2D eigenvalue weighted by atomic mass is 15.2. The zero-order valence-corrected chi connectivity index (χ0v) is 31.5. The van der Waals surface area contributed by atoms with E-state index in [0.717, 1.165) is 101 Å². The lowest BCUT2D eigenvalue weighted by Crippen LogP contribution is -2.56. The number of hydrogen-bond acceptors (Lipinski definition) is 1. The van der Waals surface area contributed by atoms with E-state index in [1.54, 1.807) is 186 Å². The van der Waals surface area contributed by atoms with E-state index in [4.69, 9.17) is 0 Å². The van der Waals surface area contributed by atoms with Gasteiger partial charge in [0.2, 0.25) is 0 Å². The Morgan fingerprint density at radius 1 is 0.250 bits per heavy atom. The predicted molar refractivity (Wildman–Crippen MR) is 201 cm³/mol. The first-order valence-electron chi connectivity index (χ1n) is 23.6. The van der Waals surface area contributed by atoms with Crippen LogP contribution in [0.2, 0.25) is 0 Å². The van der Waals surface area contributed by atoms with Crippen molar-refractivity contribution in [1.82, 2.24) is 4.90 Å². The van der Waals surface area contributed by atoms with Crippen LogP contribution in [0.1, 0.15) is 193 Å². The molecule has 13 unspecified atom stereocenters. The summed E-state index contributed by atoms with van der Waals surface area (Å²) in [5.74, 6) is 15.6. The lowest BCUT2D eigenvalue weighted by atomic mass is 9.63. The third kappa shape index (κ3) is 5.95. The summed E-state index contributed by atoms with van der Waals surface area (Å²) in [6.07, 6.45) is 47.7. The molecule has 0 amide bonds. The van der Waals surface area contributed by atoms with Crippen LogP contribution in [0.25, 0.3) is 0 Å². The smallest absolute Gasteiger partial charge is 0.0132 e. The Hall–Kier alpha value is -0.0400. The average Bonchev–Trinajstić information content (AvgIpc) is 3.86. The van der Waals surface area contributed by atoms with Gasteiger partial charge in [-0.15, -0.1) is 0 Å². The molecule has 13 atom stereocenters. The van der Waals surface area contributed by atoms with Crippen LogP contribution in [-0.2, 0) is 0 Å². The molecule has 1 nitrogen and oxygen atoms in total. The molecule has 0 radical (unpaired) electrons. The van der Waals surface area contributed by atoms with Crippen LogP contribution in [0.5, 0.6) is 0 Å². The Bertz CT molecular complexity index is 1050. The van der Waals surface area contributed by atoms with Crippen LogP contribution in [-0.4, -0.2) is 23.0 Å². The first-order chi connectivity index (χ1) is 23.8. The molecule has 10 saturated carbocycles. The molecular formula is C47H77N. The van der Waals surface area contributed by atoms with E-state index in [1.165, 1.54) is 6.42 Å². The van der Waals surface area contributed by atoms with Gasteiger partial charge >= 0.3 is 0 Å². The van der Waals surface area contributed by atoms with E-state index >= 15 is 0 Å². The van der Waals surface area contributed by atoms with Crippen molar-refractivity contribution in [3.05, 3.63) is 0 Å². The topological polar surface area (TPSA) is 3.24 Å². The summed E-state index contributed by atoms with van der Waals surface area (Å²) in [7, 11) is 0. The fourth-order valence-corrected chi connectivity index (χ4v) is 17.9. The van der Waals surface area contributed by atoms with E-state index < -0.39 is 0 Å². The zero-order chi connectivity index (χ0) is 31.6. The van der Waals surface area contributed by atoms with Crippen molar-refractivity contribution in [3.63, 3.8) is 0 Å². The van der Waals surface area contributed by atoms with Gasteiger partial charge in [-0.05, 0) is 179 Å². The zero-order valence-electron chi connectivity index (χ0n) is 31.5. The fourth-order valence-electron chi connectivity index (χ4n) is 17.9. The van der Waals surface area contributed by atoms with Crippen LogP contribution in [0, 0.1) is 82.9 Å². The van der Waals surface area contributed by atoms with E-state index in [-0.39, 0.29) is 0 Å². The van der Waals surface area contributed by atoms with Gasteiger partial charge in [-0.2, -0.15) is 0 Å². The van der Waals surface area contributed by atoms with Gasteiger partial charge in [-0.1, -0.05) is 96.3 Å². The second kappa shape index (κ2) is 14.1. The van der Waals surface area contributed by atoms with Crippen molar-refractivity contribution >= 4 is 0 Å². The molecule has 0 heterocycles. The van der Waals surface area contributed by atoms with Gasteiger partial charge in [-0.25, -0.2) is 0 Å². The fraction of sp³-hybridized carbons (Fsp3) is 1.00. The minimum absolute atomic E-state index is 0.941. The number of hydrogen-bond donors (Lipinski definition) is 0. The monoisotopic (exact) mass is 656 g/mol. The third-order valence-electron chi connectivity index (χ3n) is 19.6. The van der Waals surface area contributed by atoms with E-state index in [9.17, 15) is 0 Å². The van der Waals surface area contributed by atoms with Gasteiger partial charge in [0.05, 0.1) is 0 Å². The maximum Gasteiger partial charge on any atom is 0.0132 e. The Kier molecular flexibility index (Phi) is 9.56. The minimum Gasteiger partial charge on any atom is -0.294 e. The Labute approximate surface area is 297 Å². The molecule has 270 valence electrons. The van der Waals surface area contributed by atoms with Crippen LogP contribution < -0.4 is 0 Å². The molecule has 10 fully saturated rings. The third-order valence-corrected chi connectivity index (χ3v) is 19.6. The van der Waals surface area contributed by atoms with Crippen LogP contribution >= 0.6 is 0 Å². The Morgan fingerprint density at radius 3 is 1.60 bits per heavy atom. The molecule has 0 aromatic rings. The molecular weight excluding hydrogens is 579 g/mol.